The number of carbonyl (C=O) groups is 1. The van der Waals surface area contributed by atoms with Crippen LogP contribution in [0.15, 0.2) is 18.2 Å². The summed E-state index contributed by atoms with van der Waals surface area (Å²) in [4.78, 5) is 11.6. The first kappa shape index (κ1) is 9.87. The first-order chi connectivity index (χ1) is 6.77. The largest absolute Gasteiger partial charge is 0.325 e. The Kier molecular flexibility index (Phi) is 2.70. The molecule has 1 atom stereocenters. The minimum Gasteiger partial charge on any atom is -0.325 e. The molecule has 0 radical (unpaired) electrons. The predicted molar refractivity (Wildman–Crippen MR) is 60.9 cm³/mol. The molecule has 74 valence electrons. The van der Waals surface area contributed by atoms with Gasteiger partial charge in [-0.25, -0.2) is 0 Å². The van der Waals surface area contributed by atoms with Crippen molar-refractivity contribution in [3.8, 4) is 0 Å². The van der Waals surface area contributed by atoms with Crippen LogP contribution in [0, 0.1) is 0 Å². The minimum absolute atomic E-state index is 0.0602. The SMILES string of the molecule is CSC1C(=O)Nc2cccc(CCl)c21. The fourth-order valence-electron chi connectivity index (χ4n) is 1.70. The average Bonchev–Trinajstić information content (AvgIpc) is 2.52. The first-order valence-corrected chi connectivity index (χ1v) is 6.11. The van der Waals surface area contributed by atoms with E-state index in [0.717, 1.165) is 16.8 Å². The van der Waals surface area contributed by atoms with Crippen LogP contribution in [0.3, 0.4) is 0 Å². The molecule has 1 amide bonds. The number of anilines is 1. The number of fused-ring (bicyclic) bond motifs is 1. The van der Waals surface area contributed by atoms with E-state index in [1.165, 1.54) is 0 Å². The van der Waals surface area contributed by atoms with Gasteiger partial charge in [-0.2, -0.15) is 0 Å². The summed E-state index contributed by atoms with van der Waals surface area (Å²) in [5, 5.41) is 2.76. The molecule has 0 bridgehead atoms. The summed E-state index contributed by atoms with van der Waals surface area (Å²) in [6.45, 7) is 0. The highest BCUT2D eigenvalue weighted by atomic mass is 35.5. The summed E-state index contributed by atoms with van der Waals surface area (Å²) in [5.74, 6) is 0.514. The summed E-state index contributed by atoms with van der Waals surface area (Å²) in [6, 6.07) is 5.80. The summed E-state index contributed by atoms with van der Waals surface area (Å²) in [7, 11) is 0. The highest BCUT2D eigenvalue weighted by Crippen LogP contribution is 2.41. The van der Waals surface area contributed by atoms with E-state index in [2.05, 4.69) is 5.32 Å². The first-order valence-electron chi connectivity index (χ1n) is 4.29. The Morgan fingerprint density at radius 3 is 3.00 bits per heavy atom. The fourth-order valence-corrected chi connectivity index (χ4v) is 2.72. The molecule has 2 rings (SSSR count). The molecule has 0 saturated heterocycles. The fraction of sp³-hybridized carbons (Fsp3) is 0.300. The summed E-state index contributed by atoms with van der Waals surface area (Å²) in [5.41, 5.74) is 3.01. The number of nitrogens with one attached hydrogen (secondary N) is 1. The topological polar surface area (TPSA) is 29.1 Å². The number of rotatable bonds is 2. The molecule has 1 aromatic rings. The van der Waals surface area contributed by atoms with Gasteiger partial charge in [-0.05, 0) is 17.9 Å². The molecular formula is C10H10ClNOS. The van der Waals surface area contributed by atoms with Gasteiger partial charge in [0.05, 0.1) is 0 Å². The molecule has 0 aromatic heterocycles. The Morgan fingerprint density at radius 2 is 2.36 bits per heavy atom. The zero-order valence-corrected chi connectivity index (χ0v) is 9.28. The molecule has 0 aliphatic carbocycles. The number of amides is 1. The lowest BCUT2D eigenvalue weighted by Gasteiger charge is -2.08. The molecule has 0 fully saturated rings. The predicted octanol–water partition coefficient (Wildman–Crippen LogP) is 2.78. The Labute approximate surface area is 92.0 Å². The van der Waals surface area contributed by atoms with E-state index in [0.29, 0.717) is 5.88 Å². The van der Waals surface area contributed by atoms with E-state index in [4.69, 9.17) is 11.6 Å². The number of thioether (sulfide) groups is 1. The lowest BCUT2D eigenvalue weighted by Crippen LogP contribution is -2.08. The van der Waals surface area contributed by atoms with Crippen molar-refractivity contribution >= 4 is 35.0 Å². The van der Waals surface area contributed by atoms with Crippen molar-refractivity contribution in [2.45, 2.75) is 11.1 Å². The monoisotopic (exact) mass is 227 g/mol. The second kappa shape index (κ2) is 3.83. The molecule has 0 spiro atoms. The van der Waals surface area contributed by atoms with Gasteiger partial charge in [-0.15, -0.1) is 23.4 Å². The molecular weight excluding hydrogens is 218 g/mol. The third-order valence-electron chi connectivity index (χ3n) is 2.33. The van der Waals surface area contributed by atoms with E-state index in [-0.39, 0.29) is 11.2 Å². The molecule has 1 N–H and O–H groups in total. The van der Waals surface area contributed by atoms with Gasteiger partial charge >= 0.3 is 0 Å². The smallest absolute Gasteiger partial charge is 0.242 e. The van der Waals surface area contributed by atoms with Crippen molar-refractivity contribution in [1.82, 2.24) is 0 Å². The zero-order valence-electron chi connectivity index (χ0n) is 7.71. The maximum atomic E-state index is 11.6. The number of hydrogen-bond donors (Lipinski definition) is 1. The molecule has 1 heterocycles. The van der Waals surface area contributed by atoms with Crippen LogP contribution in [0.1, 0.15) is 16.4 Å². The van der Waals surface area contributed by atoms with Gasteiger partial charge in [0.2, 0.25) is 5.91 Å². The van der Waals surface area contributed by atoms with Crippen LogP contribution in [0.5, 0.6) is 0 Å². The Morgan fingerprint density at radius 1 is 1.57 bits per heavy atom. The van der Waals surface area contributed by atoms with Crippen LogP contribution < -0.4 is 5.32 Å². The van der Waals surface area contributed by atoms with E-state index >= 15 is 0 Å². The van der Waals surface area contributed by atoms with Crippen molar-refractivity contribution < 1.29 is 4.79 Å². The van der Waals surface area contributed by atoms with Crippen molar-refractivity contribution in [2.24, 2.45) is 0 Å². The van der Waals surface area contributed by atoms with Crippen molar-refractivity contribution in [3.63, 3.8) is 0 Å². The number of hydrogen-bond acceptors (Lipinski definition) is 2. The van der Waals surface area contributed by atoms with Crippen molar-refractivity contribution in [2.75, 3.05) is 11.6 Å². The second-order valence-electron chi connectivity index (χ2n) is 3.12. The van der Waals surface area contributed by atoms with E-state index < -0.39 is 0 Å². The van der Waals surface area contributed by atoms with Gasteiger partial charge in [-0.1, -0.05) is 12.1 Å². The Bertz CT molecular complexity index is 380. The second-order valence-corrected chi connectivity index (χ2v) is 4.33. The summed E-state index contributed by atoms with van der Waals surface area (Å²) in [6.07, 6.45) is 1.93. The lowest BCUT2D eigenvalue weighted by atomic mass is 10.1. The van der Waals surface area contributed by atoms with Crippen LogP contribution in [-0.4, -0.2) is 12.2 Å². The third-order valence-corrected chi connectivity index (χ3v) is 3.54. The van der Waals surface area contributed by atoms with Crippen LogP contribution in [-0.2, 0) is 10.7 Å². The molecule has 2 nitrogen and oxygen atoms in total. The molecule has 1 aliphatic rings. The van der Waals surface area contributed by atoms with Crippen molar-refractivity contribution in [3.05, 3.63) is 29.3 Å². The highest BCUT2D eigenvalue weighted by molar-refractivity contribution is 7.99. The number of halogens is 1. The highest BCUT2D eigenvalue weighted by Gasteiger charge is 2.31. The van der Waals surface area contributed by atoms with Gasteiger partial charge in [0.25, 0.3) is 0 Å². The molecule has 1 aromatic carbocycles. The van der Waals surface area contributed by atoms with Crippen LogP contribution in [0.4, 0.5) is 5.69 Å². The van der Waals surface area contributed by atoms with Gasteiger partial charge < -0.3 is 5.32 Å². The van der Waals surface area contributed by atoms with Gasteiger partial charge in [-0.3, -0.25) is 4.79 Å². The van der Waals surface area contributed by atoms with Gasteiger partial charge in [0, 0.05) is 17.1 Å². The van der Waals surface area contributed by atoms with Gasteiger partial charge in [0.15, 0.2) is 0 Å². The maximum Gasteiger partial charge on any atom is 0.242 e. The zero-order chi connectivity index (χ0) is 10.1. The van der Waals surface area contributed by atoms with Crippen LogP contribution in [0.25, 0.3) is 0 Å². The minimum atomic E-state index is -0.0973. The van der Waals surface area contributed by atoms with E-state index in [1.807, 2.05) is 24.5 Å². The number of benzene rings is 1. The molecule has 14 heavy (non-hydrogen) atoms. The lowest BCUT2D eigenvalue weighted by molar-refractivity contribution is -0.115. The number of carbonyl (C=O) groups excluding carboxylic acids is 1. The summed E-state index contributed by atoms with van der Waals surface area (Å²) < 4.78 is 0. The average molecular weight is 228 g/mol. The molecule has 1 aliphatic heterocycles. The molecule has 0 saturated carbocycles. The standard InChI is InChI=1S/C10H10ClNOS/c1-14-9-8-6(5-11)3-2-4-7(8)12-10(9)13/h2-4,9H,5H2,1H3,(H,12,13). The van der Waals surface area contributed by atoms with Crippen LogP contribution >= 0.6 is 23.4 Å². The number of alkyl halides is 1. The van der Waals surface area contributed by atoms with Gasteiger partial charge in [0.1, 0.15) is 5.25 Å². The van der Waals surface area contributed by atoms with Crippen LogP contribution in [0.2, 0.25) is 0 Å². The van der Waals surface area contributed by atoms with E-state index in [9.17, 15) is 4.79 Å². The summed E-state index contributed by atoms with van der Waals surface area (Å²) >= 11 is 7.37. The molecule has 4 heteroatoms. The normalized spacial score (nSPS) is 19.3. The van der Waals surface area contributed by atoms with Crippen molar-refractivity contribution in [1.29, 1.82) is 0 Å². The quantitative estimate of drug-likeness (QED) is 0.788. The third kappa shape index (κ3) is 1.41. The Hall–Kier alpha value is -0.670. The Balaban J connectivity index is 2.53. The maximum absolute atomic E-state index is 11.6. The van der Waals surface area contributed by atoms with E-state index in [1.54, 1.807) is 11.8 Å². The molecule has 1 unspecified atom stereocenters.